The highest BCUT2D eigenvalue weighted by Gasteiger charge is 2.11. The van der Waals surface area contributed by atoms with Gasteiger partial charge in [0.25, 0.3) is 5.91 Å². The summed E-state index contributed by atoms with van der Waals surface area (Å²) in [4.78, 5) is 11.8. The largest absolute Gasteiger partial charge is 0.351 e. The number of benzene rings is 1. The van der Waals surface area contributed by atoms with Crippen molar-refractivity contribution < 1.29 is 9.00 Å². The average Bonchev–Trinajstić information content (AvgIpc) is 2.28. The highest BCUT2D eigenvalue weighted by Crippen LogP contribution is 2.23. The molecule has 0 aromatic heterocycles. The number of nitrogens with one attached hydrogen (secondary N) is 1. The average molecular weight is 339 g/mol. The minimum absolute atomic E-state index is 0.0649. The smallest absolute Gasteiger partial charge is 0.251 e. The maximum absolute atomic E-state index is 11.8. The van der Waals surface area contributed by atoms with Crippen LogP contribution in [0.4, 0.5) is 0 Å². The predicted octanol–water partition coefficient (Wildman–Crippen LogP) is 2.60. The van der Waals surface area contributed by atoms with Crippen LogP contribution in [0.1, 0.15) is 17.3 Å². The Kier molecular flexibility index (Phi) is 5.62. The Balaban J connectivity index is 2.64. The quantitative estimate of drug-likeness (QED) is 0.917. The van der Waals surface area contributed by atoms with Crippen LogP contribution in [0.3, 0.4) is 0 Å². The van der Waals surface area contributed by atoms with E-state index < -0.39 is 10.8 Å². The third-order valence-corrected chi connectivity index (χ3v) is 4.83. The Morgan fingerprint density at radius 1 is 1.59 bits per heavy atom. The molecule has 1 aromatic rings. The number of hydrogen-bond donors (Lipinski definition) is 1. The summed E-state index contributed by atoms with van der Waals surface area (Å²) in [6, 6.07) is 4.99. The van der Waals surface area contributed by atoms with Crippen molar-refractivity contribution in [2.24, 2.45) is 0 Å². The lowest BCUT2D eigenvalue weighted by molar-refractivity contribution is 0.0954. The van der Waals surface area contributed by atoms with Gasteiger partial charge < -0.3 is 5.32 Å². The van der Waals surface area contributed by atoms with E-state index in [1.807, 2.05) is 6.92 Å². The van der Waals surface area contributed by atoms with Gasteiger partial charge in [0.05, 0.1) is 5.02 Å². The molecule has 0 radical (unpaired) electrons. The SMILES string of the molecule is CC(CNC(=O)c1ccc(Br)c(Cl)c1)S(C)=O. The lowest BCUT2D eigenvalue weighted by Crippen LogP contribution is -2.32. The van der Waals surface area contributed by atoms with Gasteiger partial charge in [0.2, 0.25) is 0 Å². The first kappa shape index (κ1) is 14.7. The zero-order valence-corrected chi connectivity index (χ0v) is 12.7. The van der Waals surface area contributed by atoms with Gasteiger partial charge in [-0.3, -0.25) is 9.00 Å². The fourth-order valence-corrected chi connectivity index (χ4v) is 1.84. The maximum atomic E-state index is 11.8. The van der Waals surface area contributed by atoms with E-state index in [1.165, 1.54) is 0 Å². The Morgan fingerprint density at radius 2 is 2.24 bits per heavy atom. The highest BCUT2D eigenvalue weighted by molar-refractivity contribution is 9.10. The first-order valence-corrected chi connectivity index (χ1v) is 7.76. The van der Waals surface area contributed by atoms with Crippen LogP contribution in [0.5, 0.6) is 0 Å². The maximum Gasteiger partial charge on any atom is 0.251 e. The van der Waals surface area contributed by atoms with Crippen molar-refractivity contribution in [3.63, 3.8) is 0 Å². The molecule has 1 N–H and O–H groups in total. The van der Waals surface area contributed by atoms with Crippen LogP contribution in [-0.2, 0) is 10.8 Å². The zero-order chi connectivity index (χ0) is 13.0. The molecule has 0 spiro atoms. The van der Waals surface area contributed by atoms with Gasteiger partial charge in [0.15, 0.2) is 0 Å². The Morgan fingerprint density at radius 3 is 2.76 bits per heavy atom. The molecular weight excluding hydrogens is 326 g/mol. The zero-order valence-electron chi connectivity index (χ0n) is 9.50. The van der Waals surface area contributed by atoms with Crippen molar-refractivity contribution in [1.82, 2.24) is 5.32 Å². The van der Waals surface area contributed by atoms with Gasteiger partial charge >= 0.3 is 0 Å². The summed E-state index contributed by atoms with van der Waals surface area (Å²) in [7, 11) is -0.939. The molecule has 1 rings (SSSR count). The van der Waals surface area contributed by atoms with E-state index in [0.717, 1.165) is 4.47 Å². The van der Waals surface area contributed by atoms with Crippen molar-refractivity contribution in [3.8, 4) is 0 Å². The molecule has 0 bridgehead atoms. The van der Waals surface area contributed by atoms with Crippen LogP contribution in [0.15, 0.2) is 22.7 Å². The van der Waals surface area contributed by atoms with Crippen molar-refractivity contribution in [1.29, 1.82) is 0 Å². The predicted molar refractivity (Wildman–Crippen MR) is 75.0 cm³/mol. The van der Waals surface area contributed by atoms with Crippen LogP contribution >= 0.6 is 27.5 Å². The second kappa shape index (κ2) is 6.52. The third-order valence-electron chi connectivity index (χ3n) is 2.30. The first-order chi connectivity index (χ1) is 7.91. The molecule has 3 nitrogen and oxygen atoms in total. The van der Waals surface area contributed by atoms with Crippen molar-refractivity contribution in [2.45, 2.75) is 12.2 Å². The number of carbonyl (C=O) groups is 1. The lowest BCUT2D eigenvalue weighted by atomic mass is 10.2. The molecule has 17 heavy (non-hydrogen) atoms. The summed E-state index contributed by atoms with van der Waals surface area (Å²) >= 11 is 9.15. The summed E-state index contributed by atoms with van der Waals surface area (Å²) in [6.45, 7) is 2.21. The van der Waals surface area contributed by atoms with Crippen LogP contribution in [0.25, 0.3) is 0 Å². The number of amides is 1. The molecule has 0 aliphatic rings. The van der Waals surface area contributed by atoms with Gasteiger partial charge in [-0.05, 0) is 41.1 Å². The van der Waals surface area contributed by atoms with Crippen LogP contribution in [-0.4, -0.2) is 28.2 Å². The van der Waals surface area contributed by atoms with Gasteiger partial charge in [0.1, 0.15) is 0 Å². The van der Waals surface area contributed by atoms with Gasteiger partial charge in [-0.25, -0.2) is 0 Å². The number of halogens is 2. The summed E-state index contributed by atoms with van der Waals surface area (Å²) in [5.74, 6) is -0.211. The molecule has 2 atom stereocenters. The number of rotatable bonds is 4. The van der Waals surface area contributed by atoms with Gasteiger partial charge in [-0.15, -0.1) is 0 Å². The summed E-state index contributed by atoms with van der Waals surface area (Å²) in [5, 5.41) is 3.15. The molecule has 0 saturated carbocycles. The fraction of sp³-hybridized carbons (Fsp3) is 0.364. The van der Waals surface area contributed by atoms with E-state index in [9.17, 15) is 9.00 Å². The highest BCUT2D eigenvalue weighted by atomic mass is 79.9. The molecule has 0 aliphatic heterocycles. The Labute approximate surface area is 117 Å². The standard InChI is InChI=1S/C11H13BrClNO2S/c1-7(17(2)16)6-14-11(15)8-3-4-9(12)10(13)5-8/h3-5,7H,6H2,1-2H3,(H,14,15). The molecule has 6 heteroatoms. The van der Waals surface area contributed by atoms with Gasteiger partial charge in [-0.2, -0.15) is 0 Å². The van der Waals surface area contributed by atoms with E-state index in [2.05, 4.69) is 21.2 Å². The lowest BCUT2D eigenvalue weighted by Gasteiger charge is -2.10. The van der Waals surface area contributed by atoms with Crippen LogP contribution in [0.2, 0.25) is 5.02 Å². The van der Waals surface area contributed by atoms with Gasteiger partial charge in [-0.1, -0.05) is 11.6 Å². The molecule has 94 valence electrons. The second-order valence-electron chi connectivity index (χ2n) is 3.65. The van der Waals surface area contributed by atoms with E-state index >= 15 is 0 Å². The van der Waals surface area contributed by atoms with E-state index in [4.69, 9.17) is 11.6 Å². The molecular formula is C11H13BrClNO2S. The molecule has 1 amide bonds. The molecule has 0 aliphatic carbocycles. The molecule has 0 heterocycles. The van der Waals surface area contributed by atoms with Crippen LogP contribution in [0, 0.1) is 0 Å². The minimum Gasteiger partial charge on any atom is -0.351 e. The first-order valence-electron chi connectivity index (χ1n) is 4.97. The monoisotopic (exact) mass is 337 g/mol. The van der Waals surface area contributed by atoms with Crippen molar-refractivity contribution in [3.05, 3.63) is 33.3 Å². The van der Waals surface area contributed by atoms with E-state index in [-0.39, 0.29) is 11.2 Å². The van der Waals surface area contributed by atoms with Crippen LogP contribution < -0.4 is 5.32 Å². The molecule has 0 fully saturated rings. The third kappa shape index (κ3) is 4.41. The topological polar surface area (TPSA) is 46.2 Å². The second-order valence-corrected chi connectivity index (χ2v) is 6.71. The number of hydrogen-bond acceptors (Lipinski definition) is 2. The number of carbonyl (C=O) groups excluding carboxylic acids is 1. The van der Waals surface area contributed by atoms with E-state index in [1.54, 1.807) is 24.5 Å². The summed E-state index contributed by atoms with van der Waals surface area (Å²) in [5.41, 5.74) is 0.493. The summed E-state index contributed by atoms with van der Waals surface area (Å²) < 4.78 is 11.9. The van der Waals surface area contributed by atoms with Crippen molar-refractivity contribution in [2.75, 3.05) is 12.8 Å². The molecule has 2 unspecified atom stereocenters. The fourth-order valence-electron chi connectivity index (χ4n) is 1.09. The van der Waals surface area contributed by atoms with E-state index in [0.29, 0.717) is 17.1 Å². The summed E-state index contributed by atoms with van der Waals surface area (Å²) in [6.07, 6.45) is 1.62. The van der Waals surface area contributed by atoms with Crippen molar-refractivity contribution >= 4 is 44.2 Å². The Bertz CT molecular complexity index is 453. The molecule has 1 aromatic carbocycles. The van der Waals surface area contributed by atoms with Gasteiger partial charge in [0, 0.05) is 38.9 Å². The molecule has 0 saturated heterocycles. The normalized spacial score (nSPS) is 14.1. The minimum atomic E-state index is -0.939. The Hall–Kier alpha value is -0.390.